The molecule has 0 radical (unpaired) electrons. The Bertz CT molecular complexity index is 539. The van der Waals surface area contributed by atoms with E-state index < -0.39 is 0 Å². The second kappa shape index (κ2) is 4.67. The predicted octanol–water partition coefficient (Wildman–Crippen LogP) is 2.85. The van der Waals surface area contributed by atoms with Gasteiger partial charge in [0.1, 0.15) is 0 Å². The van der Waals surface area contributed by atoms with Crippen molar-refractivity contribution in [3.8, 4) is 0 Å². The van der Waals surface area contributed by atoms with Crippen LogP contribution in [-0.2, 0) is 4.79 Å². The largest absolute Gasteiger partial charge is 0.393 e. The third kappa shape index (κ3) is 1.78. The second-order valence-electron chi connectivity index (χ2n) is 8.75. The first-order valence-corrected chi connectivity index (χ1v) is 8.96. The van der Waals surface area contributed by atoms with E-state index in [0.717, 1.165) is 38.5 Å². The SMILES string of the molecule is C[C@@]12CC[C@@H](O)[C@H]1[C@@H]1CCC3=CC(=O)CC[C@]3(C)[C@H]1C[C@@H]2O. The molecule has 122 valence electrons. The Labute approximate surface area is 132 Å². The Morgan fingerprint density at radius 3 is 2.68 bits per heavy atom. The lowest BCUT2D eigenvalue weighted by molar-refractivity contribution is -0.139. The van der Waals surface area contributed by atoms with Crippen molar-refractivity contribution in [2.75, 3.05) is 0 Å². The number of hydrogen-bond donors (Lipinski definition) is 2. The van der Waals surface area contributed by atoms with Crippen LogP contribution in [0.25, 0.3) is 0 Å². The van der Waals surface area contributed by atoms with Crippen LogP contribution in [0.4, 0.5) is 0 Å². The van der Waals surface area contributed by atoms with E-state index in [1.54, 1.807) is 0 Å². The van der Waals surface area contributed by atoms with Gasteiger partial charge in [-0.2, -0.15) is 0 Å². The van der Waals surface area contributed by atoms with E-state index in [2.05, 4.69) is 13.8 Å². The fourth-order valence-corrected chi connectivity index (χ4v) is 6.53. The summed E-state index contributed by atoms with van der Waals surface area (Å²) in [6.07, 6.45) is 7.58. The molecule has 3 saturated carbocycles. The molecule has 0 aromatic rings. The molecule has 0 amide bonds. The summed E-state index contributed by atoms with van der Waals surface area (Å²) in [5, 5.41) is 21.4. The van der Waals surface area contributed by atoms with Crippen LogP contribution in [0, 0.1) is 28.6 Å². The number of hydrogen-bond acceptors (Lipinski definition) is 3. The van der Waals surface area contributed by atoms with Gasteiger partial charge in [0.05, 0.1) is 12.2 Å². The van der Waals surface area contributed by atoms with Crippen molar-refractivity contribution >= 4 is 5.78 Å². The number of fused-ring (bicyclic) bond motifs is 5. The average Bonchev–Trinajstić information content (AvgIpc) is 2.79. The van der Waals surface area contributed by atoms with Gasteiger partial charge < -0.3 is 10.2 Å². The predicted molar refractivity (Wildman–Crippen MR) is 84.1 cm³/mol. The molecule has 4 aliphatic rings. The minimum absolute atomic E-state index is 0.0570. The molecular weight excluding hydrogens is 276 g/mol. The number of allylic oxidation sites excluding steroid dienone is 1. The molecule has 0 saturated heterocycles. The highest BCUT2D eigenvalue weighted by molar-refractivity contribution is 5.91. The fourth-order valence-electron chi connectivity index (χ4n) is 6.53. The van der Waals surface area contributed by atoms with E-state index >= 15 is 0 Å². The second-order valence-corrected chi connectivity index (χ2v) is 8.75. The molecule has 0 bridgehead atoms. The van der Waals surface area contributed by atoms with Gasteiger partial charge in [0.2, 0.25) is 0 Å². The highest BCUT2D eigenvalue weighted by Crippen LogP contribution is 2.65. The molecule has 22 heavy (non-hydrogen) atoms. The van der Waals surface area contributed by atoms with Gasteiger partial charge >= 0.3 is 0 Å². The summed E-state index contributed by atoms with van der Waals surface area (Å²) in [5.74, 6) is 1.42. The standard InChI is InChI=1S/C19H28O3/c1-18-7-5-12(20)9-11(18)3-4-13-14(18)10-16(22)19(2)8-6-15(21)17(13)19/h9,13-17,21-22H,3-8,10H2,1-2H3/t13-,14+,15-,16+,17-,18+,19+/m1/s1. The van der Waals surface area contributed by atoms with Crippen LogP contribution in [-0.4, -0.2) is 28.2 Å². The van der Waals surface area contributed by atoms with Crippen molar-refractivity contribution in [3.05, 3.63) is 11.6 Å². The maximum Gasteiger partial charge on any atom is 0.155 e. The minimum Gasteiger partial charge on any atom is -0.393 e. The van der Waals surface area contributed by atoms with Crippen LogP contribution in [0.3, 0.4) is 0 Å². The van der Waals surface area contributed by atoms with E-state index in [0.29, 0.717) is 18.3 Å². The van der Waals surface area contributed by atoms with Crippen molar-refractivity contribution in [1.82, 2.24) is 0 Å². The first-order chi connectivity index (χ1) is 10.4. The molecule has 0 aliphatic heterocycles. The molecule has 4 rings (SSSR count). The lowest BCUT2D eigenvalue weighted by Gasteiger charge is -2.59. The van der Waals surface area contributed by atoms with Gasteiger partial charge in [-0.15, -0.1) is 0 Å². The van der Waals surface area contributed by atoms with E-state index in [-0.39, 0.29) is 34.7 Å². The maximum absolute atomic E-state index is 11.8. The normalized spacial score (nSPS) is 54.3. The molecule has 0 unspecified atom stereocenters. The molecule has 2 N–H and O–H groups in total. The molecule has 0 heterocycles. The number of rotatable bonds is 0. The molecule has 3 nitrogen and oxygen atoms in total. The Kier molecular flexibility index (Phi) is 3.16. The summed E-state index contributed by atoms with van der Waals surface area (Å²) in [7, 11) is 0. The van der Waals surface area contributed by atoms with Gasteiger partial charge in [0.15, 0.2) is 5.78 Å². The summed E-state index contributed by atoms with van der Waals surface area (Å²) in [4.78, 5) is 11.8. The molecule has 0 aromatic carbocycles. The Morgan fingerprint density at radius 1 is 1.14 bits per heavy atom. The summed E-state index contributed by atoms with van der Waals surface area (Å²) in [6, 6.07) is 0. The Morgan fingerprint density at radius 2 is 1.91 bits per heavy atom. The lowest BCUT2D eigenvalue weighted by Crippen LogP contribution is -2.56. The van der Waals surface area contributed by atoms with E-state index in [1.807, 2.05) is 6.08 Å². The molecular formula is C19H28O3. The maximum atomic E-state index is 11.8. The first kappa shape index (κ1) is 14.9. The van der Waals surface area contributed by atoms with Crippen molar-refractivity contribution in [3.63, 3.8) is 0 Å². The summed E-state index contributed by atoms with van der Waals surface area (Å²) < 4.78 is 0. The number of aliphatic hydroxyl groups excluding tert-OH is 2. The molecule has 3 fully saturated rings. The van der Waals surface area contributed by atoms with Crippen molar-refractivity contribution < 1.29 is 15.0 Å². The average molecular weight is 304 g/mol. The number of carbonyl (C=O) groups excluding carboxylic acids is 1. The first-order valence-electron chi connectivity index (χ1n) is 8.96. The smallest absolute Gasteiger partial charge is 0.155 e. The van der Waals surface area contributed by atoms with E-state index in [9.17, 15) is 15.0 Å². The quantitative estimate of drug-likeness (QED) is 0.723. The lowest BCUT2D eigenvalue weighted by atomic mass is 9.46. The Balaban J connectivity index is 1.74. The molecule has 0 spiro atoms. The highest BCUT2D eigenvalue weighted by atomic mass is 16.3. The summed E-state index contributed by atoms with van der Waals surface area (Å²) >= 11 is 0. The number of carbonyl (C=O) groups is 1. The molecule has 7 atom stereocenters. The van der Waals surface area contributed by atoms with Crippen LogP contribution in [0.1, 0.15) is 58.8 Å². The molecule has 4 aliphatic carbocycles. The fraction of sp³-hybridized carbons (Fsp3) is 0.842. The molecule has 0 aromatic heterocycles. The minimum atomic E-state index is -0.315. The van der Waals surface area contributed by atoms with E-state index in [4.69, 9.17) is 0 Å². The van der Waals surface area contributed by atoms with Gasteiger partial charge in [-0.25, -0.2) is 0 Å². The zero-order chi connectivity index (χ0) is 15.7. The van der Waals surface area contributed by atoms with Crippen LogP contribution in [0.5, 0.6) is 0 Å². The summed E-state index contributed by atoms with van der Waals surface area (Å²) in [6.45, 7) is 4.49. The highest BCUT2D eigenvalue weighted by Gasteiger charge is 2.61. The van der Waals surface area contributed by atoms with Crippen LogP contribution in [0.15, 0.2) is 11.6 Å². The third-order valence-corrected chi connectivity index (χ3v) is 7.90. The van der Waals surface area contributed by atoms with Crippen LogP contribution < -0.4 is 0 Å². The van der Waals surface area contributed by atoms with Gasteiger partial charge in [0.25, 0.3) is 0 Å². The summed E-state index contributed by atoms with van der Waals surface area (Å²) in [5.41, 5.74) is 1.26. The van der Waals surface area contributed by atoms with Crippen LogP contribution in [0.2, 0.25) is 0 Å². The number of ketones is 1. The molecule has 3 heteroatoms. The van der Waals surface area contributed by atoms with Crippen molar-refractivity contribution in [2.45, 2.75) is 71.0 Å². The van der Waals surface area contributed by atoms with Gasteiger partial charge in [-0.1, -0.05) is 19.4 Å². The third-order valence-electron chi connectivity index (χ3n) is 7.90. The zero-order valence-electron chi connectivity index (χ0n) is 13.7. The topological polar surface area (TPSA) is 57.5 Å². The number of aliphatic hydroxyl groups is 2. The van der Waals surface area contributed by atoms with Crippen LogP contribution >= 0.6 is 0 Å². The van der Waals surface area contributed by atoms with Gasteiger partial charge in [-0.3, -0.25) is 4.79 Å². The van der Waals surface area contributed by atoms with Gasteiger partial charge in [0, 0.05) is 6.42 Å². The Hall–Kier alpha value is -0.670. The van der Waals surface area contributed by atoms with E-state index in [1.165, 1.54) is 5.57 Å². The van der Waals surface area contributed by atoms with Crippen molar-refractivity contribution in [1.29, 1.82) is 0 Å². The van der Waals surface area contributed by atoms with Gasteiger partial charge in [-0.05, 0) is 73.2 Å². The van der Waals surface area contributed by atoms with Crippen molar-refractivity contribution in [2.24, 2.45) is 28.6 Å². The zero-order valence-corrected chi connectivity index (χ0v) is 13.7. The monoisotopic (exact) mass is 304 g/mol.